The van der Waals surface area contributed by atoms with Crippen LogP contribution in [0.15, 0.2) is 60.7 Å². The van der Waals surface area contributed by atoms with Gasteiger partial charge in [0, 0.05) is 24.7 Å². The molecule has 0 aliphatic heterocycles. The molecule has 3 amide bonds. The van der Waals surface area contributed by atoms with Gasteiger partial charge in [0.25, 0.3) is 5.91 Å². The second kappa shape index (κ2) is 11.0. The molecule has 8 heteroatoms. The van der Waals surface area contributed by atoms with Crippen LogP contribution in [-0.4, -0.2) is 37.3 Å². The molecule has 0 radical (unpaired) electrons. The Kier molecular flexibility index (Phi) is 7.63. The Morgan fingerprint density at radius 3 is 2.56 bits per heavy atom. The lowest BCUT2D eigenvalue weighted by atomic mass is 9.88. The molecule has 0 unspecified atom stereocenters. The molecule has 0 heterocycles. The van der Waals surface area contributed by atoms with E-state index in [9.17, 15) is 19.2 Å². The minimum atomic E-state index is -0.841. The number of esters is 1. The number of amides is 3. The summed E-state index contributed by atoms with van der Waals surface area (Å²) in [5.74, 6) is -2.44. The van der Waals surface area contributed by atoms with E-state index in [0.29, 0.717) is 11.1 Å². The smallest absolute Gasteiger partial charge is 0.330 e. The first-order chi connectivity index (χ1) is 17.4. The van der Waals surface area contributed by atoms with Gasteiger partial charge >= 0.3 is 17.8 Å². The summed E-state index contributed by atoms with van der Waals surface area (Å²) in [5, 5.41) is 8.19. The Labute approximate surface area is 209 Å². The highest BCUT2D eigenvalue weighted by atomic mass is 16.5. The van der Waals surface area contributed by atoms with Gasteiger partial charge in [-0.25, -0.2) is 4.79 Å². The lowest BCUT2D eigenvalue weighted by Gasteiger charge is -2.24. The molecule has 0 spiro atoms. The van der Waals surface area contributed by atoms with Crippen LogP contribution in [0.5, 0.6) is 0 Å². The SMILES string of the molecule is COC(=O)/C=C/CNC(=O)C(=O)NCc1ccccc1C(=O)NC1(c2cccc3c2CCC=C3)CC1. The monoisotopic (exact) mass is 487 g/mol. The van der Waals surface area contributed by atoms with Crippen LogP contribution in [-0.2, 0) is 37.6 Å². The average molecular weight is 488 g/mol. The number of fused-ring (bicyclic) bond motifs is 1. The quantitative estimate of drug-likeness (QED) is 0.301. The maximum atomic E-state index is 13.3. The third-order valence-corrected chi connectivity index (χ3v) is 6.43. The number of ether oxygens (including phenoxy) is 1. The highest BCUT2D eigenvalue weighted by Crippen LogP contribution is 2.48. The first kappa shape index (κ1) is 24.9. The van der Waals surface area contributed by atoms with Gasteiger partial charge in [0.2, 0.25) is 0 Å². The molecule has 2 aromatic carbocycles. The predicted octanol–water partition coefficient (Wildman–Crippen LogP) is 2.53. The van der Waals surface area contributed by atoms with Gasteiger partial charge in [-0.15, -0.1) is 0 Å². The molecule has 1 fully saturated rings. The molecule has 4 rings (SSSR count). The topological polar surface area (TPSA) is 114 Å². The van der Waals surface area contributed by atoms with Gasteiger partial charge in [-0.2, -0.15) is 0 Å². The second-order valence-electron chi connectivity index (χ2n) is 8.83. The fourth-order valence-corrected chi connectivity index (χ4v) is 4.40. The first-order valence-electron chi connectivity index (χ1n) is 11.9. The van der Waals surface area contributed by atoms with Gasteiger partial charge < -0.3 is 20.7 Å². The largest absolute Gasteiger partial charge is 0.466 e. The number of rotatable bonds is 8. The van der Waals surface area contributed by atoms with E-state index in [1.807, 2.05) is 6.07 Å². The Bertz CT molecular complexity index is 1240. The van der Waals surface area contributed by atoms with E-state index in [0.717, 1.165) is 31.8 Å². The number of methoxy groups -OCH3 is 1. The van der Waals surface area contributed by atoms with E-state index in [1.165, 1.54) is 29.9 Å². The standard InChI is InChI=1S/C28H29N3O5/c1-36-24(32)14-7-17-29-26(34)27(35)30-18-20-9-3-5-12-22(20)25(33)31-28(15-16-28)23-13-6-10-19-8-2-4-11-21(19)23/h2-3,5-10,12-14H,4,11,15-18H2,1H3,(H,29,34)(H,30,35)(H,31,33)/b14-7+. The number of hydrogen-bond donors (Lipinski definition) is 3. The zero-order chi connectivity index (χ0) is 25.5. The van der Waals surface area contributed by atoms with Crippen LogP contribution in [0.25, 0.3) is 6.08 Å². The van der Waals surface area contributed by atoms with Gasteiger partial charge in [0.05, 0.1) is 12.6 Å². The summed E-state index contributed by atoms with van der Waals surface area (Å²) in [5.41, 5.74) is 4.38. The van der Waals surface area contributed by atoms with Crippen LogP contribution >= 0.6 is 0 Å². The number of benzene rings is 2. The zero-order valence-electron chi connectivity index (χ0n) is 20.1. The van der Waals surface area contributed by atoms with Crippen LogP contribution in [0.1, 0.15) is 51.9 Å². The summed E-state index contributed by atoms with van der Waals surface area (Å²) in [7, 11) is 1.24. The Hall–Kier alpha value is -4.20. The third kappa shape index (κ3) is 5.71. The second-order valence-corrected chi connectivity index (χ2v) is 8.83. The van der Waals surface area contributed by atoms with E-state index in [2.05, 4.69) is 45.0 Å². The zero-order valence-corrected chi connectivity index (χ0v) is 20.1. The average Bonchev–Trinajstić information content (AvgIpc) is 3.69. The van der Waals surface area contributed by atoms with Gasteiger partial charge in [-0.3, -0.25) is 14.4 Å². The summed E-state index contributed by atoms with van der Waals surface area (Å²) < 4.78 is 4.45. The molecule has 2 aliphatic carbocycles. The van der Waals surface area contributed by atoms with Gasteiger partial charge in [-0.05, 0) is 54.0 Å². The molecule has 1 saturated carbocycles. The fourth-order valence-electron chi connectivity index (χ4n) is 4.40. The normalized spacial score (nSPS) is 15.0. The molecule has 0 aromatic heterocycles. The van der Waals surface area contributed by atoms with Crippen molar-refractivity contribution in [3.05, 3.63) is 88.5 Å². The maximum Gasteiger partial charge on any atom is 0.330 e. The summed E-state index contributed by atoms with van der Waals surface area (Å²) in [6.07, 6.45) is 10.6. The molecule has 2 aliphatic rings. The molecular weight excluding hydrogens is 458 g/mol. The lowest BCUT2D eigenvalue weighted by molar-refractivity contribution is -0.139. The molecule has 3 N–H and O–H groups in total. The first-order valence-corrected chi connectivity index (χ1v) is 11.9. The van der Waals surface area contributed by atoms with Crippen molar-refractivity contribution in [3.63, 3.8) is 0 Å². The number of allylic oxidation sites excluding steroid dienone is 1. The molecule has 2 aromatic rings. The van der Waals surface area contributed by atoms with Crippen LogP contribution in [0.4, 0.5) is 0 Å². The molecule has 0 saturated heterocycles. The third-order valence-electron chi connectivity index (χ3n) is 6.43. The minimum absolute atomic E-state index is 0.00140. The van der Waals surface area contributed by atoms with Crippen molar-refractivity contribution >= 4 is 29.8 Å². The number of hydrogen-bond acceptors (Lipinski definition) is 5. The van der Waals surface area contributed by atoms with Crippen LogP contribution in [0, 0.1) is 0 Å². The Balaban J connectivity index is 1.39. The van der Waals surface area contributed by atoms with Crippen molar-refractivity contribution in [2.24, 2.45) is 0 Å². The van der Waals surface area contributed by atoms with Crippen LogP contribution in [0.3, 0.4) is 0 Å². The molecule has 0 bridgehead atoms. The Morgan fingerprint density at radius 1 is 1.00 bits per heavy atom. The number of carbonyl (C=O) groups is 4. The van der Waals surface area contributed by atoms with Gasteiger partial charge in [0.1, 0.15) is 0 Å². The molecule has 0 atom stereocenters. The van der Waals surface area contributed by atoms with Crippen molar-refractivity contribution in [3.8, 4) is 0 Å². The molecule has 186 valence electrons. The lowest BCUT2D eigenvalue weighted by Crippen LogP contribution is -2.40. The molecular formula is C28H29N3O5. The molecule has 36 heavy (non-hydrogen) atoms. The van der Waals surface area contributed by atoms with Gasteiger partial charge in [0.15, 0.2) is 0 Å². The summed E-state index contributed by atoms with van der Waals surface area (Å²) in [4.78, 5) is 48.6. The Morgan fingerprint density at radius 2 is 1.78 bits per heavy atom. The number of carbonyl (C=O) groups excluding carboxylic acids is 4. The summed E-state index contributed by atoms with van der Waals surface area (Å²) in [6.45, 7) is 0.0216. The van der Waals surface area contributed by atoms with Crippen LogP contribution < -0.4 is 16.0 Å². The summed E-state index contributed by atoms with van der Waals surface area (Å²) >= 11 is 0. The predicted molar refractivity (Wildman–Crippen MR) is 135 cm³/mol. The van der Waals surface area contributed by atoms with Crippen molar-refractivity contribution in [1.82, 2.24) is 16.0 Å². The fraction of sp³-hybridized carbons (Fsp3) is 0.286. The van der Waals surface area contributed by atoms with Crippen molar-refractivity contribution in [2.75, 3.05) is 13.7 Å². The minimum Gasteiger partial charge on any atom is -0.466 e. The van der Waals surface area contributed by atoms with E-state index in [1.54, 1.807) is 24.3 Å². The van der Waals surface area contributed by atoms with E-state index < -0.39 is 17.8 Å². The molecule has 8 nitrogen and oxygen atoms in total. The highest BCUT2D eigenvalue weighted by molar-refractivity contribution is 6.35. The highest BCUT2D eigenvalue weighted by Gasteiger charge is 2.47. The van der Waals surface area contributed by atoms with E-state index in [-0.39, 0.29) is 24.5 Å². The number of nitrogens with one attached hydrogen (secondary N) is 3. The van der Waals surface area contributed by atoms with E-state index in [4.69, 9.17) is 0 Å². The van der Waals surface area contributed by atoms with E-state index >= 15 is 0 Å². The van der Waals surface area contributed by atoms with Gasteiger partial charge in [-0.1, -0.05) is 54.6 Å². The van der Waals surface area contributed by atoms with Crippen molar-refractivity contribution in [1.29, 1.82) is 0 Å². The maximum absolute atomic E-state index is 13.3. The van der Waals surface area contributed by atoms with Crippen molar-refractivity contribution in [2.45, 2.75) is 37.8 Å². The van der Waals surface area contributed by atoms with Crippen LogP contribution in [0.2, 0.25) is 0 Å². The van der Waals surface area contributed by atoms with Crippen molar-refractivity contribution < 1.29 is 23.9 Å². The summed E-state index contributed by atoms with van der Waals surface area (Å²) in [6, 6.07) is 13.3.